The van der Waals surface area contributed by atoms with Crippen molar-refractivity contribution in [2.24, 2.45) is 0 Å². The Bertz CT molecular complexity index is 307. The average molecular weight is 398 g/mol. The fraction of sp³-hybridized carbons (Fsp3) is 0.960. The predicted octanol–water partition coefficient (Wildman–Crippen LogP) is 7.57. The highest BCUT2D eigenvalue weighted by molar-refractivity contribution is 5.69. The highest BCUT2D eigenvalue weighted by Crippen LogP contribution is 2.13. The van der Waals surface area contributed by atoms with Crippen LogP contribution in [-0.4, -0.2) is 25.7 Å². The molecule has 0 saturated heterocycles. The molecule has 0 heterocycles. The SMILES string of the molecule is CCCCCCCCCCCCCCCCCCNCCOC(=O)CCCC. The van der Waals surface area contributed by atoms with E-state index in [0.717, 1.165) is 25.9 Å². The topological polar surface area (TPSA) is 38.3 Å². The van der Waals surface area contributed by atoms with Gasteiger partial charge in [0, 0.05) is 13.0 Å². The molecule has 0 atom stereocenters. The molecule has 168 valence electrons. The average Bonchev–Trinajstić information content (AvgIpc) is 2.70. The summed E-state index contributed by atoms with van der Waals surface area (Å²) in [6.07, 6.45) is 25.1. The van der Waals surface area contributed by atoms with Gasteiger partial charge in [-0.05, 0) is 19.4 Å². The van der Waals surface area contributed by atoms with Crippen LogP contribution in [-0.2, 0) is 9.53 Å². The minimum Gasteiger partial charge on any atom is -0.464 e. The number of nitrogens with one attached hydrogen (secondary N) is 1. The Morgan fingerprint density at radius 2 is 1.00 bits per heavy atom. The highest BCUT2D eigenvalue weighted by atomic mass is 16.5. The third-order valence-electron chi connectivity index (χ3n) is 5.48. The lowest BCUT2D eigenvalue weighted by atomic mass is 10.0. The maximum Gasteiger partial charge on any atom is 0.305 e. The van der Waals surface area contributed by atoms with E-state index in [0.29, 0.717) is 13.0 Å². The second-order valence-electron chi connectivity index (χ2n) is 8.38. The number of hydrogen-bond donors (Lipinski definition) is 1. The van der Waals surface area contributed by atoms with Gasteiger partial charge in [0.2, 0.25) is 0 Å². The minimum atomic E-state index is -0.0499. The largest absolute Gasteiger partial charge is 0.464 e. The monoisotopic (exact) mass is 397 g/mol. The van der Waals surface area contributed by atoms with Gasteiger partial charge in [-0.15, -0.1) is 0 Å². The zero-order chi connectivity index (χ0) is 20.5. The zero-order valence-corrected chi connectivity index (χ0v) is 19.4. The second-order valence-corrected chi connectivity index (χ2v) is 8.38. The Labute approximate surface area is 176 Å². The Morgan fingerprint density at radius 3 is 1.46 bits per heavy atom. The molecule has 0 aromatic heterocycles. The Hall–Kier alpha value is -0.570. The molecule has 28 heavy (non-hydrogen) atoms. The third-order valence-corrected chi connectivity index (χ3v) is 5.48. The van der Waals surface area contributed by atoms with Crippen LogP contribution >= 0.6 is 0 Å². The van der Waals surface area contributed by atoms with Crippen LogP contribution in [0.4, 0.5) is 0 Å². The number of esters is 1. The van der Waals surface area contributed by atoms with E-state index in [2.05, 4.69) is 19.2 Å². The molecule has 0 aliphatic carbocycles. The molecule has 0 bridgehead atoms. The van der Waals surface area contributed by atoms with Gasteiger partial charge in [-0.2, -0.15) is 0 Å². The summed E-state index contributed by atoms with van der Waals surface area (Å²) in [5.74, 6) is -0.0499. The summed E-state index contributed by atoms with van der Waals surface area (Å²) < 4.78 is 5.18. The van der Waals surface area contributed by atoms with E-state index in [1.807, 2.05) is 0 Å². The van der Waals surface area contributed by atoms with Gasteiger partial charge < -0.3 is 10.1 Å². The van der Waals surface area contributed by atoms with Crippen molar-refractivity contribution in [1.82, 2.24) is 5.32 Å². The molecule has 0 aliphatic heterocycles. The molecule has 0 amide bonds. The Morgan fingerprint density at radius 1 is 0.571 bits per heavy atom. The van der Waals surface area contributed by atoms with Crippen molar-refractivity contribution < 1.29 is 9.53 Å². The fourth-order valence-electron chi connectivity index (χ4n) is 3.55. The quantitative estimate of drug-likeness (QED) is 0.143. The van der Waals surface area contributed by atoms with Crippen molar-refractivity contribution in [3.63, 3.8) is 0 Å². The lowest BCUT2D eigenvalue weighted by Crippen LogP contribution is -2.22. The molecule has 0 aromatic rings. The standard InChI is InChI=1S/C25H51NO2/c1-3-5-7-8-9-10-11-12-13-14-15-16-17-18-19-20-22-26-23-24-28-25(27)21-6-4-2/h26H,3-24H2,1-2H3. The first-order chi connectivity index (χ1) is 13.8. The number of rotatable bonds is 23. The molecule has 0 rings (SSSR count). The Kier molecular flexibility index (Phi) is 24.0. The fourth-order valence-corrected chi connectivity index (χ4v) is 3.55. The van der Waals surface area contributed by atoms with E-state index in [9.17, 15) is 4.79 Å². The van der Waals surface area contributed by atoms with Crippen molar-refractivity contribution >= 4 is 5.97 Å². The molecule has 3 nitrogen and oxygen atoms in total. The van der Waals surface area contributed by atoms with Crippen LogP contribution < -0.4 is 5.32 Å². The molecule has 0 saturated carbocycles. The first-order valence-corrected chi connectivity index (χ1v) is 12.7. The minimum absolute atomic E-state index is 0.0499. The summed E-state index contributed by atoms with van der Waals surface area (Å²) in [6, 6.07) is 0. The number of carbonyl (C=O) groups excluding carboxylic acids is 1. The van der Waals surface area contributed by atoms with Gasteiger partial charge in [0.05, 0.1) is 0 Å². The summed E-state index contributed by atoms with van der Waals surface area (Å²) >= 11 is 0. The van der Waals surface area contributed by atoms with Crippen molar-refractivity contribution in [3.8, 4) is 0 Å². The molecule has 0 unspecified atom stereocenters. The predicted molar refractivity (Wildman–Crippen MR) is 123 cm³/mol. The van der Waals surface area contributed by atoms with Crippen LogP contribution in [0.15, 0.2) is 0 Å². The molecule has 0 fully saturated rings. The van der Waals surface area contributed by atoms with E-state index >= 15 is 0 Å². The van der Waals surface area contributed by atoms with E-state index in [4.69, 9.17) is 4.74 Å². The van der Waals surface area contributed by atoms with Crippen LogP contribution in [0.2, 0.25) is 0 Å². The van der Waals surface area contributed by atoms with E-state index in [1.165, 1.54) is 103 Å². The summed E-state index contributed by atoms with van der Waals surface area (Å²) in [6.45, 7) is 6.73. The summed E-state index contributed by atoms with van der Waals surface area (Å²) in [5.41, 5.74) is 0. The number of carbonyl (C=O) groups is 1. The third kappa shape index (κ3) is 23.5. The molecule has 0 spiro atoms. The van der Waals surface area contributed by atoms with Crippen molar-refractivity contribution in [2.75, 3.05) is 19.7 Å². The molecular formula is C25H51NO2. The number of ether oxygens (including phenoxy) is 1. The van der Waals surface area contributed by atoms with Crippen molar-refractivity contribution in [3.05, 3.63) is 0 Å². The van der Waals surface area contributed by atoms with Crippen molar-refractivity contribution in [1.29, 1.82) is 0 Å². The normalized spacial score (nSPS) is 11.1. The molecule has 3 heteroatoms. The van der Waals surface area contributed by atoms with Gasteiger partial charge in [0.1, 0.15) is 6.61 Å². The summed E-state index contributed by atoms with van der Waals surface area (Å²) in [7, 11) is 0. The lowest BCUT2D eigenvalue weighted by molar-refractivity contribution is -0.143. The second kappa shape index (κ2) is 24.5. The van der Waals surface area contributed by atoms with E-state index < -0.39 is 0 Å². The van der Waals surface area contributed by atoms with Crippen LogP contribution in [0.1, 0.15) is 136 Å². The smallest absolute Gasteiger partial charge is 0.305 e. The maximum absolute atomic E-state index is 11.3. The number of unbranched alkanes of at least 4 members (excludes halogenated alkanes) is 16. The molecule has 1 N–H and O–H groups in total. The maximum atomic E-state index is 11.3. The Balaban J connectivity index is 3.04. The first kappa shape index (κ1) is 27.4. The summed E-state index contributed by atoms with van der Waals surface area (Å²) in [4.78, 5) is 11.3. The first-order valence-electron chi connectivity index (χ1n) is 12.7. The zero-order valence-electron chi connectivity index (χ0n) is 19.4. The lowest BCUT2D eigenvalue weighted by Gasteiger charge is -2.06. The van der Waals surface area contributed by atoms with Crippen LogP contribution in [0.5, 0.6) is 0 Å². The summed E-state index contributed by atoms with van der Waals surface area (Å²) in [5, 5.41) is 3.37. The van der Waals surface area contributed by atoms with Gasteiger partial charge in [-0.1, -0.05) is 117 Å². The van der Waals surface area contributed by atoms with Gasteiger partial charge in [0.25, 0.3) is 0 Å². The van der Waals surface area contributed by atoms with Crippen LogP contribution in [0.25, 0.3) is 0 Å². The van der Waals surface area contributed by atoms with Crippen LogP contribution in [0.3, 0.4) is 0 Å². The molecule has 0 aliphatic rings. The molecule has 0 radical (unpaired) electrons. The number of hydrogen-bond acceptors (Lipinski definition) is 3. The van der Waals surface area contributed by atoms with Crippen molar-refractivity contribution in [2.45, 2.75) is 136 Å². The van der Waals surface area contributed by atoms with Gasteiger partial charge in [-0.25, -0.2) is 0 Å². The van der Waals surface area contributed by atoms with E-state index in [1.54, 1.807) is 0 Å². The van der Waals surface area contributed by atoms with Crippen LogP contribution in [0, 0.1) is 0 Å². The van der Waals surface area contributed by atoms with Gasteiger partial charge in [0.15, 0.2) is 0 Å². The molecular weight excluding hydrogens is 346 g/mol. The molecule has 0 aromatic carbocycles. The van der Waals surface area contributed by atoms with Gasteiger partial charge in [-0.3, -0.25) is 4.79 Å². The van der Waals surface area contributed by atoms with E-state index in [-0.39, 0.29) is 5.97 Å². The highest BCUT2D eigenvalue weighted by Gasteiger charge is 2.00. The van der Waals surface area contributed by atoms with Gasteiger partial charge >= 0.3 is 5.97 Å².